The van der Waals surface area contributed by atoms with E-state index in [2.05, 4.69) is 46.1 Å². The molecule has 0 atom stereocenters. The molecule has 2 aromatic rings. The van der Waals surface area contributed by atoms with Gasteiger partial charge in [0.2, 0.25) is 0 Å². The molecule has 1 aliphatic carbocycles. The minimum Gasteiger partial charge on any atom is -0.379 e. The first-order valence-electron chi connectivity index (χ1n) is 10.9. The third-order valence-corrected chi connectivity index (χ3v) is 7.62. The maximum absolute atomic E-state index is 13.1. The van der Waals surface area contributed by atoms with Gasteiger partial charge in [-0.25, -0.2) is 0 Å². The fraction of sp³-hybridized carbons (Fsp3) is 0.609. The zero-order valence-corrected chi connectivity index (χ0v) is 18.5. The molecule has 2 fully saturated rings. The van der Waals surface area contributed by atoms with Crippen molar-refractivity contribution in [3.05, 3.63) is 45.4 Å². The molecule has 1 N–H and O–H groups in total. The van der Waals surface area contributed by atoms with Crippen LogP contribution in [0.25, 0.3) is 0 Å². The number of carbonyl (C=O) groups excluding carboxylic acids is 1. The molecule has 0 aromatic carbocycles. The molecular formula is C23H33N3O2S. The molecule has 0 bridgehead atoms. The van der Waals surface area contributed by atoms with E-state index in [4.69, 9.17) is 4.74 Å². The lowest BCUT2D eigenvalue weighted by molar-refractivity contribution is -0.0361. The number of aryl methyl sites for hydroxylation is 1. The molecule has 1 amide bonds. The van der Waals surface area contributed by atoms with Crippen LogP contribution in [0.3, 0.4) is 0 Å². The highest BCUT2D eigenvalue weighted by molar-refractivity contribution is 7.09. The Morgan fingerprint density at radius 2 is 1.97 bits per heavy atom. The van der Waals surface area contributed by atoms with Gasteiger partial charge in [-0.05, 0) is 44.2 Å². The standard InChI is InChI=1S/C23H33N3O2S/c1-18-15-21(19(2)26(18)16-20-7-6-14-29-20)22(27)24-17-23(8-4-3-5-9-23)25-10-12-28-13-11-25/h6-7,14-15H,3-5,8-13,16-17H2,1-2H3,(H,24,27). The van der Waals surface area contributed by atoms with E-state index in [9.17, 15) is 4.79 Å². The van der Waals surface area contributed by atoms with Crippen LogP contribution < -0.4 is 5.32 Å². The average Bonchev–Trinajstić information content (AvgIpc) is 3.37. The summed E-state index contributed by atoms with van der Waals surface area (Å²) in [6.07, 6.45) is 6.16. The summed E-state index contributed by atoms with van der Waals surface area (Å²) in [7, 11) is 0. The molecule has 0 spiro atoms. The summed E-state index contributed by atoms with van der Waals surface area (Å²) in [6.45, 7) is 9.29. The first-order valence-corrected chi connectivity index (χ1v) is 11.8. The highest BCUT2D eigenvalue weighted by atomic mass is 32.1. The summed E-state index contributed by atoms with van der Waals surface area (Å²) >= 11 is 1.76. The number of nitrogens with one attached hydrogen (secondary N) is 1. The Morgan fingerprint density at radius 1 is 1.21 bits per heavy atom. The Kier molecular flexibility index (Phi) is 6.42. The first-order chi connectivity index (χ1) is 14.1. The quantitative estimate of drug-likeness (QED) is 0.776. The first kappa shape index (κ1) is 20.6. The summed E-state index contributed by atoms with van der Waals surface area (Å²) in [4.78, 5) is 17.0. The fourth-order valence-corrected chi connectivity index (χ4v) is 5.72. The summed E-state index contributed by atoms with van der Waals surface area (Å²) < 4.78 is 7.82. The highest BCUT2D eigenvalue weighted by Crippen LogP contribution is 2.34. The van der Waals surface area contributed by atoms with Crippen LogP contribution >= 0.6 is 11.3 Å². The molecule has 0 radical (unpaired) electrons. The van der Waals surface area contributed by atoms with Gasteiger partial charge in [-0.15, -0.1) is 11.3 Å². The smallest absolute Gasteiger partial charge is 0.253 e. The Hall–Kier alpha value is -1.63. The minimum absolute atomic E-state index is 0.0636. The van der Waals surface area contributed by atoms with Gasteiger partial charge in [-0.1, -0.05) is 25.3 Å². The molecule has 158 valence electrons. The number of ether oxygens (including phenoxy) is 1. The Balaban J connectivity index is 1.47. The van der Waals surface area contributed by atoms with E-state index >= 15 is 0 Å². The van der Waals surface area contributed by atoms with Crippen molar-refractivity contribution in [3.63, 3.8) is 0 Å². The molecule has 1 aliphatic heterocycles. The van der Waals surface area contributed by atoms with E-state index in [0.717, 1.165) is 56.3 Å². The molecule has 4 rings (SSSR count). The summed E-state index contributed by atoms with van der Waals surface area (Å²) in [5.74, 6) is 0.0636. The molecule has 3 heterocycles. The van der Waals surface area contributed by atoms with Gasteiger partial charge in [-0.2, -0.15) is 0 Å². The van der Waals surface area contributed by atoms with E-state index in [1.807, 2.05) is 6.07 Å². The number of carbonyl (C=O) groups is 1. The highest BCUT2D eigenvalue weighted by Gasteiger charge is 2.39. The van der Waals surface area contributed by atoms with Crippen molar-refractivity contribution >= 4 is 17.2 Å². The molecule has 2 aliphatic rings. The normalized spacial score (nSPS) is 19.9. The number of rotatable bonds is 6. The van der Waals surface area contributed by atoms with Crippen molar-refractivity contribution in [1.29, 1.82) is 0 Å². The lowest BCUT2D eigenvalue weighted by Gasteiger charge is -2.48. The summed E-state index contributed by atoms with van der Waals surface area (Å²) in [5.41, 5.74) is 3.10. The lowest BCUT2D eigenvalue weighted by atomic mass is 9.79. The van der Waals surface area contributed by atoms with Gasteiger partial charge >= 0.3 is 0 Å². The van der Waals surface area contributed by atoms with E-state index < -0.39 is 0 Å². The van der Waals surface area contributed by atoms with Gasteiger partial charge in [0.25, 0.3) is 5.91 Å². The van der Waals surface area contributed by atoms with Crippen LogP contribution in [-0.2, 0) is 11.3 Å². The number of aromatic nitrogens is 1. The van der Waals surface area contributed by atoms with Crippen molar-refractivity contribution < 1.29 is 9.53 Å². The largest absolute Gasteiger partial charge is 0.379 e. The number of nitrogens with zero attached hydrogens (tertiary/aromatic N) is 2. The molecule has 29 heavy (non-hydrogen) atoms. The monoisotopic (exact) mass is 415 g/mol. The molecule has 6 heteroatoms. The number of thiophene rings is 1. The van der Waals surface area contributed by atoms with Gasteiger partial charge in [0.1, 0.15) is 0 Å². The van der Waals surface area contributed by atoms with Crippen LogP contribution in [0, 0.1) is 13.8 Å². The van der Waals surface area contributed by atoms with Gasteiger partial charge in [0.05, 0.1) is 25.3 Å². The van der Waals surface area contributed by atoms with E-state index in [1.54, 1.807) is 11.3 Å². The minimum atomic E-state index is 0.0636. The second-order valence-electron chi connectivity index (χ2n) is 8.52. The van der Waals surface area contributed by atoms with Gasteiger partial charge in [-0.3, -0.25) is 9.69 Å². The van der Waals surface area contributed by atoms with Gasteiger partial charge in [0.15, 0.2) is 0 Å². The van der Waals surface area contributed by atoms with Crippen LogP contribution in [0.1, 0.15) is 58.7 Å². The summed E-state index contributed by atoms with van der Waals surface area (Å²) in [6, 6.07) is 6.27. The van der Waals surface area contributed by atoms with Crippen molar-refractivity contribution in [2.45, 2.75) is 58.0 Å². The Bertz CT molecular complexity index is 816. The Morgan fingerprint density at radius 3 is 2.66 bits per heavy atom. The van der Waals surface area contributed by atoms with Gasteiger partial charge < -0.3 is 14.6 Å². The topological polar surface area (TPSA) is 46.5 Å². The van der Waals surface area contributed by atoms with Crippen LogP contribution in [-0.4, -0.2) is 53.8 Å². The predicted octanol–water partition coefficient (Wildman–Crippen LogP) is 3.98. The van der Waals surface area contributed by atoms with Crippen molar-refractivity contribution in [1.82, 2.24) is 14.8 Å². The molecule has 5 nitrogen and oxygen atoms in total. The third-order valence-electron chi connectivity index (χ3n) is 6.76. The van der Waals surface area contributed by atoms with Crippen LogP contribution in [0.5, 0.6) is 0 Å². The number of morpholine rings is 1. The maximum Gasteiger partial charge on any atom is 0.253 e. The molecule has 1 saturated heterocycles. The zero-order chi connectivity index (χ0) is 20.3. The van der Waals surface area contributed by atoms with Crippen molar-refractivity contribution in [2.75, 3.05) is 32.8 Å². The van der Waals surface area contributed by atoms with Crippen molar-refractivity contribution in [3.8, 4) is 0 Å². The molecule has 2 aromatic heterocycles. The van der Waals surface area contributed by atoms with E-state index in [0.29, 0.717) is 0 Å². The SMILES string of the molecule is Cc1cc(C(=O)NCC2(N3CCOCC3)CCCCC2)c(C)n1Cc1cccs1. The van der Waals surface area contributed by atoms with Gasteiger partial charge in [0, 0.05) is 41.4 Å². The van der Waals surface area contributed by atoms with Crippen molar-refractivity contribution in [2.24, 2.45) is 0 Å². The summed E-state index contributed by atoms with van der Waals surface area (Å²) in [5, 5.41) is 5.42. The van der Waals surface area contributed by atoms with Crippen LogP contribution in [0.2, 0.25) is 0 Å². The van der Waals surface area contributed by atoms with E-state index in [-0.39, 0.29) is 11.4 Å². The second-order valence-corrected chi connectivity index (χ2v) is 9.55. The number of hydrogen-bond acceptors (Lipinski definition) is 4. The zero-order valence-electron chi connectivity index (χ0n) is 17.7. The van der Waals surface area contributed by atoms with Crippen LogP contribution in [0.15, 0.2) is 23.6 Å². The predicted molar refractivity (Wildman–Crippen MR) is 118 cm³/mol. The Labute approximate surface area is 178 Å². The average molecular weight is 416 g/mol. The third kappa shape index (κ3) is 4.44. The molecule has 0 unspecified atom stereocenters. The molecular weight excluding hydrogens is 382 g/mol. The fourth-order valence-electron chi connectivity index (χ4n) is 5.03. The number of amides is 1. The van der Waals surface area contributed by atoms with E-state index in [1.165, 1.54) is 37.0 Å². The molecule has 1 saturated carbocycles. The lowest BCUT2D eigenvalue weighted by Crippen LogP contribution is -2.59. The van der Waals surface area contributed by atoms with Crippen LogP contribution in [0.4, 0.5) is 0 Å². The number of hydrogen-bond donors (Lipinski definition) is 1. The maximum atomic E-state index is 13.1. The second kappa shape index (κ2) is 9.02.